The molecule has 2 nitrogen and oxygen atoms in total. The molecule has 1 saturated carbocycles. The summed E-state index contributed by atoms with van der Waals surface area (Å²) in [4.78, 5) is 4.18. The van der Waals surface area contributed by atoms with Crippen molar-refractivity contribution >= 4 is 0 Å². The third-order valence-electron chi connectivity index (χ3n) is 4.29. The average molecular weight is 228 g/mol. The standard InChI is InChI=1S/C15H20N2/c1-11-4-5-16-9-15(11)10-17-8-14-7-12-2-3-13(14)6-12/h2-5,9,12-14,17H,6-8,10H2,1H3. The zero-order valence-corrected chi connectivity index (χ0v) is 10.4. The molecule has 0 saturated heterocycles. The summed E-state index contributed by atoms with van der Waals surface area (Å²) in [6.07, 6.45) is 11.5. The highest BCUT2D eigenvalue weighted by atomic mass is 14.9. The zero-order valence-electron chi connectivity index (χ0n) is 10.4. The molecule has 17 heavy (non-hydrogen) atoms. The molecule has 3 atom stereocenters. The van der Waals surface area contributed by atoms with Crippen LogP contribution in [0.2, 0.25) is 0 Å². The van der Waals surface area contributed by atoms with Crippen molar-refractivity contribution in [3.05, 3.63) is 41.7 Å². The quantitative estimate of drug-likeness (QED) is 0.801. The molecule has 1 aromatic heterocycles. The lowest BCUT2D eigenvalue weighted by molar-refractivity contribution is 0.414. The normalized spacial score (nSPS) is 30.1. The fourth-order valence-electron chi connectivity index (χ4n) is 3.20. The molecule has 3 rings (SSSR count). The van der Waals surface area contributed by atoms with E-state index in [4.69, 9.17) is 0 Å². The van der Waals surface area contributed by atoms with Crippen molar-refractivity contribution in [2.75, 3.05) is 6.54 Å². The van der Waals surface area contributed by atoms with Crippen molar-refractivity contribution in [3.8, 4) is 0 Å². The van der Waals surface area contributed by atoms with Gasteiger partial charge in [0.15, 0.2) is 0 Å². The molecule has 2 bridgehead atoms. The molecule has 3 unspecified atom stereocenters. The maximum atomic E-state index is 4.18. The van der Waals surface area contributed by atoms with Crippen LogP contribution in [0.25, 0.3) is 0 Å². The minimum atomic E-state index is 0.850. The van der Waals surface area contributed by atoms with Crippen LogP contribution in [-0.2, 0) is 6.54 Å². The predicted octanol–water partition coefficient (Wildman–Crippen LogP) is 2.69. The van der Waals surface area contributed by atoms with Gasteiger partial charge >= 0.3 is 0 Å². The van der Waals surface area contributed by atoms with Gasteiger partial charge in [-0.25, -0.2) is 0 Å². The van der Waals surface area contributed by atoms with Crippen LogP contribution in [-0.4, -0.2) is 11.5 Å². The summed E-state index contributed by atoms with van der Waals surface area (Å²) in [6, 6.07) is 2.08. The first-order valence-electron chi connectivity index (χ1n) is 6.61. The Hall–Kier alpha value is -1.15. The van der Waals surface area contributed by atoms with Crippen molar-refractivity contribution in [2.45, 2.75) is 26.3 Å². The second kappa shape index (κ2) is 4.61. The van der Waals surface area contributed by atoms with E-state index in [1.165, 1.54) is 24.0 Å². The fraction of sp³-hybridized carbons (Fsp3) is 0.533. The zero-order chi connectivity index (χ0) is 11.7. The number of allylic oxidation sites excluding steroid dienone is 2. The Morgan fingerprint density at radius 1 is 1.35 bits per heavy atom. The van der Waals surface area contributed by atoms with E-state index in [0.717, 1.165) is 30.8 Å². The molecule has 0 radical (unpaired) electrons. The van der Waals surface area contributed by atoms with Gasteiger partial charge in [0.25, 0.3) is 0 Å². The second-order valence-electron chi connectivity index (χ2n) is 5.47. The Balaban J connectivity index is 1.50. The molecule has 0 spiro atoms. The highest BCUT2D eigenvalue weighted by Gasteiger charge is 2.34. The van der Waals surface area contributed by atoms with Gasteiger partial charge in [-0.15, -0.1) is 0 Å². The summed E-state index contributed by atoms with van der Waals surface area (Å²) in [5.41, 5.74) is 2.66. The number of nitrogens with zero attached hydrogens (tertiary/aromatic N) is 1. The summed E-state index contributed by atoms with van der Waals surface area (Å²) >= 11 is 0. The Morgan fingerprint density at radius 3 is 3.00 bits per heavy atom. The Morgan fingerprint density at radius 2 is 2.29 bits per heavy atom. The molecule has 2 heteroatoms. The highest BCUT2D eigenvalue weighted by Crippen LogP contribution is 2.42. The fourth-order valence-corrected chi connectivity index (χ4v) is 3.20. The van der Waals surface area contributed by atoms with Crippen LogP contribution >= 0.6 is 0 Å². The van der Waals surface area contributed by atoms with E-state index in [2.05, 4.69) is 35.4 Å². The van der Waals surface area contributed by atoms with E-state index >= 15 is 0 Å². The molecule has 0 amide bonds. The summed E-state index contributed by atoms with van der Waals surface area (Å²) in [5, 5.41) is 3.60. The molecule has 2 aliphatic rings. The number of aromatic nitrogens is 1. The summed E-state index contributed by atoms with van der Waals surface area (Å²) in [6.45, 7) is 4.26. The first-order chi connectivity index (χ1) is 8.33. The molecular formula is C15H20N2. The monoisotopic (exact) mass is 228 g/mol. The number of pyridine rings is 1. The van der Waals surface area contributed by atoms with Crippen molar-refractivity contribution in [2.24, 2.45) is 17.8 Å². The van der Waals surface area contributed by atoms with E-state index in [9.17, 15) is 0 Å². The van der Waals surface area contributed by atoms with Crippen molar-refractivity contribution in [1.82, 2.24) is 10.3 Å². The number of rotatable bonds is 4. The van der Waals surface area contributed by atoms with Gasteiger partial charge in [0, 0.05) is 18.9 Å². The summed E-state index contributed by atoms with van der Waals surface area (Å²) in [5.74, 6) is 2.59. The second-order valence-corrected chi connectivity index (χ2v) is 5.47. The molecular weight excluding hydrogens is 208 g/mol. The van der Waals surface area contributed by atoms with Crippen molar-refractivity contribution < 1.29 is 0 Å². The van der Waals surface area contributed by atoms with Crippen LogP contribution in [0.5, 0.6) is 0 Å². The van der Waals surface area contributed by atoms with Crippen LogP contribution in [0.4, 0.5) is 0 Å². The number of fused-ring (bicyclic) bond motifs is 2. The van der Waals surface area contributed by atoms with Gasteiger partial charge in [0.05, 0.1) is 0 Å². The largest absolute Gasteiger partial charge is 0.312 e. The van der Waals surface area contributed by atoms with E-state index in [-0.39, 0.29) is 0 Å². The van der Waals surface area contributed by atoms with Crippen molar-refractivity contribution in [1.29, 1.82) is 0 Å². The first-order valence-corrected chi connectivity index (χ1v) is 6.61. The molecule has 0 aliphatic heterocycles. The first kappa shape index (κ1) is 11.0. The molecule has 2 aliphatic carbocycles. The highest BCUT2D eigenvalue weighted by molar-refractivity contribution is 5.21. The molecule has 1 N–H and O–H groups in total. The van der Waals surface area contributed by atoms with E-state index < -0.39 is 0 Å². The third kappa shape index (κ3) is 2.27. The van der Waals surface area contributed by atoms with Crippen LogP contribution in [0, 0.1) is 24.7 Å². The lowest BCUT2D eigenvalue weighted by atomic mass is 9.93. The number of nitrogens with one attached hydrogen (secondary N) is 1. The van der Waals surface area contributed by atoms with E-state index in [1.807, 2.05) is 12.4 Å². The molecule has 1 aromatic rings. The van der Waals surface area contributed by atoms with Gasteiger partial charge in [0.2, 0.25) is 0 Å². The van der Waals surface area contributed by atoms with Crippen LogP contribution in [0.1, 0.15) is 24.0 Å². The van der Waals surface area contributed by atoms with Gasteiger partial charge in [-0.05, 0) is 61.3 Å². The lowest BCUT2D eigenvalue weighted by Crippen LogP contribution is -2.25. The number of aryl methyl sites for hydroxylation is 1. The SMILES string of the molecule is Cc1ccncc1CNCC1CC2C=CC1C2. The third-order valence-corrected chi connectivity index (χ3v) is 4.29. The lowest BCUT2D eigenvalue weighted by Gasteiger charge is -2.18. The summed E-state index contributed by atoms with van der Waals surface area (Å²) < 4.78 is 0. The molecule has 1 fully saturated rings. The minimum Gasteiger partial charge on any atom is -0.312 e. The minimum absolute atomic E-state index is 0.850. The van der Waals surface area contributed by atoms with Gasteiger partial charge in [-0.2, -0.15) is 0 Å². The average Bonchev–Trinajstić information content (AvgIpc) is 2.94. The van der Waals surface area contributed by atoms with Gasteiger partial charge in [-0.3, -0.25) is 4.98 Å². The maximum absolute atomic E-state index is 4.18. The topological polar surface area (TPSA) is 24.9 Å². The van der Waals surface area contributed by atoms with Crippen molar-refractivity contribution in [3.63, 3.8) is 0 Å². The summed E-state index contributed by atoms with van der Waals surface area (Å²) in [7, 11) is 0. The molecule has 0 aromatic carbocycles. The Bertz CT molecular complexity index is 425. The van der Waals surface area contributed by atoms with Crippen LogP contribution in [0.15, 0.2) is 30.6 Å². The van der Waals surface area contributed by atoms with Gasteiger partial charge in [-0.1, -0.05) is 12.2 Å². The Kier molecular flexibility index (Phi) is 2.98. The predicted molar refractivity (Wildman–Crippen MR) is 69.5 cm³/mol. The smallest absolute Gasteiger partial charge is 0.0315 e. The van der Waals surface area contributed by atoms with Gasteiger partial charge in [0.1, 0.15) is 0 Å². The molecule has 1 heterocycles. The number of hydrogen-bond acceptors (Lipinski definition) is 2. The van der Waals surface area contributed by atoms with E-state index in [0.29, 0.717) is 0 Å². The van der Waals surface area contributed by atoms with Crippen LogP contribution < -0.4 is 5.32 Å². The number of hydrogen-bond donors (Lipinski definition) is 1. The molecule has 90 valence electrons. The van der Waals surface area contributed by atoms with Gasteiger partial charge < -0.3 is 5.32 Å². The van der Waals surface area contributed by atoms with Crippen LogP contribution in [0.3, 0.4) is 0 Å². The maximum Gasteiger partial charge on any atom is 0.0315 e. The van der Waals surface area contributed by atoms with E-state index in [1.54, 1.807) is 0 Å². The Labute approximate surface area is 103 Å².